The average molecular weight is 275 g/mol. The van der Waals surface area contributed by atoms with Crippen LogP contribution < -0.4 is 5.73 Å². The predicted molar refractivity (Wildman–Crippen MR) is 80.2 cm³/mol. The van der Waals surface area contributed by atoms with Gasteiger partial charge in [0, 0.05) is 30.9 Å². The Hall–Kier alpha value is -2.01. The van der Waals surface area contributed by atoms with Crippen LogP contribution >= 0.6 is 0 Å². The summed E-state index contributed by atoms with van der Waals surface area (Å²) >= 11 is 0. The van der Waals surface area contributed by atoms with Gasteiger partial charge in [0.25, 0.3) is 0 Å². The lowest BCUT2D eigenvalue weighted by Gasteiger charge is -2.23. The first-order valence-corrected chi connectivity index (χ1v) is 6.59. The smallest absolute Gasteiger partial charge is 0.170 e. The Bertz CT molecular complexity index is 629. The van der Waals surface area contributed by atoms with Crippen LogP contribution in [0.4, 0.5) is 0 Å². The fourth-order valence-electron chi connectivity index (χ4n) is 2.09. The Kier molecular flexibility index (Phi) is 3.99. The average Bonchev–Trinajstić information content (AvgIpc) is 2.86. The van der Waals surface area contributed by atoms with E-state index in [1.54, 1.807) is 7.11 Å². The number of nitrogens with zero attached hydrogens (tertiary/aromatic N) is 2. The number of nitrogens with two attached hydrogens (primary N) is 1. The maximum Gasteiger partial charge on any atom is 0.170 e. The summed E-state index contributed by atoms with van der Waals surface area (Å²) in [5.74, 6) is 0.122. The van der Waals surface area contributed by atoms with Crippen LogP contribution in [0, 0.1) is 0 Å². The summed E-state index contributed by atoms with van der Waals surface area (Å²) in [7, 11) is 1.73. The largest absolute Gasteiger partial charge is 0.409 e. The normalized spacial score (nSPS) is 13.1. The zero-order chi connectivity index (χ0) is 14.8. The number of aryl methyl sites for hydroxylation is 1. The van der Waals surface area contributed by atoms with Crippen LogP contribution in [0.25, 0.3) is 10.9 Å². The number of hydrogen-bond acceptors (Lipinski definition) is 3. The van der Waals surface area contributed by atoms with E-state index < -0.39 is 0 Å². The van der Waals surface area contributed by atoms with E-state index in [1.807, 2.05) is 24.4 Å². The van der Waals surface area contributed by atoms with Crippen LogP contribution in [0.2, 0.25) is 0 Å². The summed E-state index contributed by atoms with van der Waals surface area (Å²) < 4.78 is 7.60. The lowest BCUT2D eigenvalue weighted by atomic mass is 10.1. The van der Waals surface area contributed by atoms with Crippen molar-refractivity contribution in [1.82, 2.24) is 4.57 Å². The Morgan fingerprint density at radius 1 is 1.40 bits per heavy atom. The van der Waals surface area contributed by atoms with Gasteiger partial charge in [-0.3, -0.25) is 0 Å². The Balaban J connectivity index is 2.30. The summed E-state index contributed by atoms with van der Waals surface area (Å²) in [5.41, 5.74) is 7.27. The summed E-state index contributed by atoms with van der Waals surface area (Å²) in [6.07, 6.45) is 2.95. The van der Waals surface area contributed by atoms with Gasteiger partial charge in [-0.2, -0.15) is 0 Å². The molecule has 2 rings (SSSR count). The van der Waals surface area contributed by atoms with Crippen molar-refractivity contribution < 1.29 is 9.94 Å². The van der Waals surface area contributed by atoms with E-state index >= 15 is 0 Å². The molecule has 0 aliphatic rings. The molecule has 1 aromatic carbocycles. The predicted octanol–water partition coefficient (Wildman–Crippen LogP) is 2.55. The molecule has 0 amide bonds. The minimum Gasteiger partial charge on any atom is -0.409 e. The molecule has 0 spiro atoms. The molecular formula is C15H21N3O2. The van der Waals surface area contributed by atoms with E-state index in [1.165, 1.54) is 0 Å². The number of rotatable bonds is 5. The first kappa shape index (κ1) is 14.4. The number of aromatic nitrogens is 1. The van der Waals surface area contributed by atoms with Crippen molar-refractivity contribution in [3.63, 3.8) is 0 Å². The van der Waals surface area contributed by atoms with Crippen LogP contribution in [-0.2, 0) is 11.3 Å². The van der Waals surface area contributed by atoms with Crippen molar-refractivity contribution in [2.24, 2.45) is 10.9 Å². The zero-order valence-electron chi connectivity index (χ0n) is 12.1. The van der Waals surface area contributed by atoms with Gasteiger partial charge in [-0.25, -0.2) is 0 Å². The van der Waals surface area contributed by atoms with E-state index in [0.717, 1.165) is 23.9 Å². The van der Waals surface area contributed by atoms with Crippen LogP contribution in [0.3, 0.4) is 0 Å². The van der Waals surface area contributed by atoms with E-state index in [4.69, 9.17) is 15.7 Å². The number of benzene rings is 1. The Morgan fingerprint density at radius 3 is 2.80 bits per heavy atom. The number of ether oxygens (including phenoxy) is 1. The molecule has 0 saturated carbocycles. The minimum absolute atomic E-state index is 0.122. The van der Waals surface area contributed by atoms with Crippen molar-refractivity contribution in [3.8, 4) is 0 Å². The Morgan fingerprint density at radius 2 is 2.15 bits per heavy atom. The topological polar surface area (TPSA) is 72.8 Å². The van der Waals surface area contributed by atoms with Crippen LogP contribution in [0.5, 0.6) is 0 Å². The van der Waals surface area contributed by atoms with E-state index in [2.05, 4.69) is 29.6 Å². The van der Waals surface area contributed by atoms with Gasteiger partial charge in [-0.15, -0.1) is 0 Å². The lowest BCUT2D eigenvalue weighted by molar-refractivity contribution is 0.0123. The molecule has 0 aliphatic carbocycles. The maximum atomic E-state index is 8.76. The highest BCUT2D eigenvalue weighted by molar-refractivity contribution is 6.00. The summed E-state index contributed by atoms with van der Waals surface area (Å²) in [6.45, 7) is 4.99. The van der Waals surface area contributed by atoms with E-state index in [9.17, 15) is 0 Å². The molecule has 1 heterocycles. The first-order valence-electron chi connectivity index (χ1n) is 6.59. The van der Waals surface area contributed by atoms with Crippen molar-refractivity contribution >= 4 is 16.7 Å². The second-order valence-corrected chi connectivity index (χ2v) is 5.48. The molecule has 1 aromatic heterocycles. The molecule has 2 aromatic rings. The highest BCUT2D eigenvalue weighted by atomic mass is 16.5. The summed E-state index contributed by atoms with van der Waals surface area (Å²) in [6, 6.07) is 7.82. The molecule has 3 N–H and O–H groups in total. The third-order valence-electron chi connectivity index (χ3n) is 3.68. The van der Waals surface area contributed by atoms with Gasteiger partial charge < -0.3 is 20.2 Å². The van der Waals surface area contributed by atoms with Crippen molar-refractivity contribution in [2.75, 3.05) is 7.11 Å². The molecule has 0 saturated heterocycles. The van der Waals surface area contributed by atoms with Crippen molar-refractivity contribution in [2.45, 2.75) is 32.4 Å². The fraction of sp³-hybridized carbons (Fsp3) is 0.400. The number of oxime groups is 1. The van der Waals surface area contributed by atoms with Gasteiger partial charge in [0.1, 0.15) is 0 Å². The SMILES string of the molecule is COC(C)(C)CCn1ccc2ccc(/C(N)=N/O)cc21. The number of amidine groups is 1. The molecule has 0 unspecified atom stereocenters. The van der Waals surface area contributed by atoms with Crippen LogP contribution in [-0.4, -0.2) is 28.3 Å². The minimum atomic E-state index is -0.153. The maximum absolute atomic E-state index is 8.76. The fourth-order valence-corrected chi connectivity index (χ4v) is 2.09. The zero-order valence-corrected chi connectivity index (χ0v) is 12.1. The molecular weight excluding hydrogens is 254 g/mol. The molecule has 108 valence electrons. The monoisotopic (exact) mass is 275 g/mol. The molecule has 20 heavy (non-hydrogen) atoms. The number of methoxy groups -OCH3 is 1. The molecule has 0 bridgehead atoms. The molecule has 0 fully saturated rings. The third-order valence-corrected chi connectivity index (χ3v) is 3.68. The van der Waals surface area contributed by atoms with E-state index in [-0.39, 0.29) is 11.4 Å². The standard InChI is InChI=1S/C15H21N3O2/c1-15(2,20-3)7-9-18-8-6-11-4-5-12(10-13(11)18)14(16)17-19/h4-6,8,10,19H,7,9H2,1-3H3,(H2,16,17). The third kappa shape index (κ3) is 2.93. The van der Waals surface area contributed by atoms with Gasteiger partial charge in [-0.05, 0) is 37.8 Å². The summed E-state index contributed by atoms with van der Waals surface area (Å²) in [5, 5.41) is 12.9. The van der Waals surface area contributed by atoms with Gasteiger partial charge in [-0.1, -0.05) is 17.3 Å². The Labute approximate surface area is 118 Å². The number of hydrogen-bond donors (Lipinski definition) is 2. The van der Waals surface area contributed by atoms with Crippen molar-refractivity contribution in [1.29, 1.82) is 0 Å². The molecule has 5 heteroatoms. The quantitative estimate of drug-likeness (QED) is 0.381. The molecule has 0 atom stereocenters. The van der Waals surface area contributed by atoms with Crippen LogP contribution in [0.15, 0.2) is 35.6 Å². The summed E-state index contributed by atoms with van der Waals surface area (Å²) in [4.78, 5) is 0. The highest BCUT2D eigenvalue weighted by Crippen LogP contribution is 2.21. The van der Waals surface area contributed by atoms with Gasteiger partial charge in [0.15, 0.2) is 5.84 Å². The molecule has 5 nitrogen and oxygen atoms in total. The molecule has 0 aliphatic heterocycles. The van der Waals surface area contributed by atoms with Crippen LogP contribution in [0.1, 0.15) is 25.8 Å². The van der Waals surface area contributed by atoms with E-state index in [0.29, 0.717) is 5.56 Å². The number of fused-ring (bicyclic) bond motifs is 1. The lowest BCUT2D eigenvalue weighted by Crippen LogP contribution is -2.24. The first-order chi connectivity index (χ1) is 9.46. The van der Waals surface area contributed by atoms with Gasteiger partial charge >= 0.3 is 0 Å². The van der Waals surface area contributed by atoms with Gasteiger partial charge in [0.2, 0.25) is 0 Å². The second-order valence-electron chi connectivity index (χ2n) is 5.48. The molecule has 0 radical (unpaired) electrons. The highest BCUT2D eigenvalue weighted by Gasteiger charge is 2.16. The second kappa shape index (κ2) is 5.54. The van der Waals surface area contributed by atoms with Gasteiger partial charge in [0.05, 0.1) is 5.60 Å². The van der Waals surface area contributed by atoms with Crippen molar-refractivity contribution in [3.05, 3.63) is 36.0 Å².